The SMILES string of the molecule is Cc1cc(C)c(N(C)C2C[CH]C(N(C)C)CC2)c(=O)[nH]1. The maximum absolute atomic E-state index is 12.2. The molecule has 1 N–H and O–H groups in total. The molecule has 4 heteroatoms. The lowest BCUT2D eigenvalue weighted by Crippen LogP contribution is -2.42. The Balaban J connectivity index is 2.13. The fraction of sp³-hybridized carbons (Fsp3) is 0.625. The van der Waals surface area contributed by atoms with Crippen molar-refractivity contribution in [1.29, 1.82) is 0 Å². The van der Waals surface area contributed by atoms with Crippen molar-refractivity contribution in [3.05, 3.63) is 34.1 Å². The molecule has 1 aromatic heterocycles. The van der Waals surface area contributed by atoms with Crippen LogP contribution in [0.3, 0.4) is 0 Å². The molecule has 2 rings (SSSR count). The molecule has 1 aliphatic rings. The summed E-state index contributed by atoms with van der Waals surface area (Å²) in [5, 5.41) is 0. The van der Waals surface area contributed by atoms with Gasteiger partial charge in [-0.3, -0.25) is 4.79 Å². The minimum atomic E-state index is 0.0275. The van der Waals surface area contributed by atoms with Crippen LogP contribution in [0, 0.1) is 20.3 Å². The molecule has 4 nitrogen and oxygen atoms in total. The number of nitrogens with one attached hydrogen (secondary N) is 1. The van der Waals surface area contributed by atoms with E-state index in [0.717, 1.165) is 36.2 Å². The zero-order chi connectivity index (χ0) is 14.9. The number of hydrogen-bond acceptors (Lipinski definition) is 3. The van der Waals surface area contributed by atoms with E-state index in [9.17, 15) is 4.79 Å². The second-order valence-corrected chi connectivity index (χ2v) is 6.16. The van der Waals surface area contributed by atoms with Crippen LogP contribution in [0.25, 0.3) is 0 Å². The fourth-order valence-corrected chi connectivity index (χ4v) is 3.20. The Morgan fingerprint density at radius 1 is 1.20 bits per heavy atom. The van der Waals surface area contributed by atoms with Gasteiger partial charge in [0.2, 0.25) is 0 Å². The van der Waals surface area contributed by atoms with Gasteiger partial charge in [-0.05, 0) is 65.3 Å². The van der Waals surface area contributed by atoms with E-state index in [-0.39, 0.29) is 5.56 Å². The van der Waals surface area contributed by atoms with E-state index in [4.69, 9.17) is 0 Å². The van der Waals surface area contributed by atoms with Gasteiger partial charge >= 0.3 is 0 Å². The first-order chi connectivity index (χ1) is 9.40. The van der Waals surface area contributed by atoms with Crippen LogP contribution in [-0.2, 0) is 0 Å². The second kappa shape index (κ2) is 6.00. The summed E-state index contributed by atoms with van der Waals surface area (Å²) in [4.78, 5) is 19.5. The maximum Gasteiger partial charge on any atom is 0.271 e. The van der Waals surface area contributed by atoms with E-state index in [1.165, 1.54) is 0 Å². The summed E-state index contributed by atoms with van der Waals surface area (Å²) in [7, 11) is 6.29. The summed E-state index contributed by atoms with van der Waals surface area (Å²) in [6.07, 6.45) is 5.70. The lowest BCUT2D eigenvalue weighted by molar-refractivity contribution is 0.266. The molecule has 2 unspecified atom stereocenters. The topological polar surface area (TPSA) is 39.3 Å². The van der Waals surface area contributed by atoms with Gasteiger partial charge in [0, 0.05) is 24.8 Å². The van der Waals surface area contributed by atoms with E-state index in [1.54, 1.807) is 0 Å². The van der Waals surface area contributed by atoms with Crippen LogP contribution < -0.4 is 10.5 Å². The molecule has 1 heterocycles. The minimum absolute atomic E-state index is 0.0275. The molecule has 1 fully saturated rings. The molecule has 0 amide bonds. The molecule has 1 aliphatic carbocycles. The van der Waals surface area contributed by atoms with Gasteiger partial charge in [0.15, 0.2) is 0 Å². The average Bonchev–Trinajstić information content (AvgIpc) is 2.37. The molecular weight excluding hydrogens is 250 g/mol. The van der Waals surface area contributed by atoms with Gasteiger partial charge in [-0.25, -0.2) is 0 Å². The van der Waals surface area contributed by atoms with Gasteiger partial charge in [-0.15, -0.1) is 0 Å². The summed E-state index contributed by atoms with van der Waals surface area (Å²) in [5.41, 5.74) is 2.83. The van der Waals surface area contributed by atoms with E-state index >= 15 is 0 Å². The number of nitrogens with zero attached hydrogens (tertiary/aromatic N) is 2. The largest absolute Gasteiger partial charge is 0.367 e. The van der Waals surface area contributed by atoms with E-state index in [1.807, 2.05) is 27.0 Å². The quantitative estimate of drug-likeness (QED) is 0.919. The predicted octanol–water partition coefficient (Wildman–Crippen LogP) is 2.11. The Hall–Kier alpha value is -1.29. The second-order valence-electron chi connectivity index (χ2n) is 6.16. The molecule has 111 valence electrons. The fourth-order valence-electron chi connectivity index (χ4n) is 3.20. The van der Waals surface area contributed by atoms with Crippen LogP contribution in [0.5, 0.6) is 0 Å². The molecule has 2 atom stereocenters. The van der Waals surface area contributed by atoms with Crippen LogP contribution in [0.4, 0.5) is 5.69 Å². The summed E-state index contributed by atoms with van der Waals surface area (Å²) < 4.78 is 0. The van der Waals surface area contributed by atoms with Crippen LogP contribution in [0.1, 0.15) is 30.5 Å². The summed E-state index contributed by atoms with van der Waals surface area (Å²) in [6.45, 7) is 3.94. The van der Waals surface area contributed by atoms with E-state index in [0.29, 0.717) is 12.1 Å². The summed E-state index contributed by atoms with van der Waals surface area (Å²) >= 11 is 0. The molecule has 20 heavy (non-hydrogen) atoms. The lowest BCUT2D eigenvalue weighted by Gasteiger charge is -2.38. The lowest BCUT2D eigenvalue weighted by atomic mass is 9.89. The standard InChI is InChI=1S/C16H26N3O/c1-11-10-12(2)17-16(20)15(11)19(5)14-8-6-13(7-9-14)18(3)4/h6,10,13-14H,7-9H2,1-5H3,(H,17,20). The smallest absolute Gasteiger partial charge is 0.271 e. The van der Waals surface area contributed by atoms with Crippen molar-refractivity contribution >= 4 is 5.69 Å². The molecule has 1 aromatic rings. The van der Waals surface area contributed by atoms with Gasteiger partial charge in [0.1, 0.15) is 5.69 Å². The monoisotopic (exact) mass is 276 g/mol. The van der Waals surface area contributed by atoms with Crippen molar-refractivity contribution in [3.63, 3.8) is 0 Å². The number of aromatic amines is 1. The first-order valence-electron chi connectivity index (χ1n) is 7.33. The Labute approximate surface area is 121 Å². The Morgan fingerprint density at radius 2 is 1.90 bits per heavy atom. The highest BCUT2D eigenvalue weighted by molar-refractivity contribution is 5.52. The number of pyridine rings is 1. The summed E-state index contributed by atoms with van der Waals surface area (Å²) in [6, 6.07) is 3.04. The third kappa shape index (κ3) is 3.06. The normalized spacial score (nSPS) is 23.1. The molecule has 0 aromatic carbocycles. The highest BCUT2D eigenvalue weighted by atomic mass is 16.1. The highest BCUT2D eigenvalue weighted by Crippen LogP contribution is 2.27. The first-order valence-corrected chi connectivity index (χ1v) is 7.33. The third-order valence-corrected chi connectivity index (χ3v) is 4.37. The highest BCUT2D eigenvalue weighted by Gasteiger charge is 2.27. The van der Waals surface area contributed by atoms with Crippen LogP contribution in [-0.4, -0.2) is 43.1 Å². The van der Waals surface area contributed by atoms with Crippen LogP contribution in [0.2, 0.25) is 0 Å². The van der Waals surface area contributed by atoms with Gasteiger partial charge in [-0.1, -0.05) is 0 Å². The predicted molar refractivity (Wildman–Crippen MR) is 84.4 cm³/mol. The van der Waals surface area contributed by atoms with Crippen LogP contribution in [0.15, 0.2) is 10.9 Å². The Morgan fingerprint density at radius 3 is 2.40 bits per heavy atom. The van der Waals surface area contributed by atoms with E-state index in [2.05, 4.69) is 35.3 Å². The Bertz CT molecular complexity index is 513. The molecular formula is C16H26N3O. The third-order valence-electron chi connectivity index (χ3n) is 4.37. The molecule has 0 spiro atoms. The molecule has 0 aliphatic heterocycles. The van der Waals surface area contributed by atoms with Gasteiger partial charge < -0.3 is 14.8 Å². The van der Waals surface area contributed by atoms with Crippen molar-refractivity contribution in [2.75, 3.05) is 26.0 Å². The van der Waals surface area contributed by atoms with Crippen molar-refractivity contribution in [1.82, 2.24) is 9.88 Å². The van der Waals surface area contributed by atoms with Crippen LogP contribution >= 0.6 is 0 Å². The van der Waals surface area contributed by atoms with Gasteiger partial charge in [0.05, 0.1) is 0 Å². The van der Waals surface area contributed by atoms with Crippen molar-refractivity contribution in [3.8, 4) is 0 Å². The Kier molecular flexibility index (Phi) is 4.53. The van der Waals surface area contributed by atoms with E-state index < -0.39 is 0 Å². The average molecular weight is 276 g/mol. The molecule has 0 saturated heterocycles. The van der Waals surface area contributed by atoms with Gasteiger partial charge in [0.25, 0.3) is 5.56 Å². The summed E-state index contributed by atoms with van der Waals surface area (Å²) in [5.74, 6) is 0. The zero-order valence-electron chi connectivity index (χ0n) is 13.2. The number of aryl methyl sites for hydroxylation is 2. The maximum atomic E-state index is 12.2. The number of anilines is 1. The molecule has 0 bridgehead atoms. The number of aromatic nitrogens is 1. The molecule has 1 radical (unpaired) electrons. The van der Waals surface area contributed by atoms with Gasteiger partial charge in [-0.2, -0.15) is 0 Å². The first kappa shape index (κ1) is 15.1. The zero-order valence-corrected chi connectivity index (χ0v) is 13.2. The van der Waals surface area contributed by atoms with Crippen molar-refractivity contribution in [2.45, 2.75) is 45.2 Å². The number of H-pyrrole nitrogens is 1. The minimum Gasteiger partial charge on any atom is -0.367 e. The molecule has 1 saturated carbocycles. The number of hydrogen-bond donors (Lipinski definition) is 1. The van der Waals surface area contributed by atoms with Crippen molar-refractivity contribution in [2.24, 2.45) is 0 Å². The van der Waals surface area contributed by atoms with Crippen molar-refractivity contribution < 1.29 is 0 Å². The number of rotatable bonds is 3.